The van der Waals surface area contributed by atoms with Crippen LogP contribution in [0.4, 0.5) is 4.79 Å². The van der Waals surface area contributed by atoms with Gasteiger partial charge in [0, 0.05) is 11.5 Å². The van der Waals surface area contributed by atoms with E-state index in [1.165, 1.54) is 31.1 Å². The van der Waals surface area contributed by atoms with Crippen molar-refractivity contribution < 1.29 is 19.6 Å². The molecule has 0 heterocycles. The predicted octanol–water partition coefficient (Wildman–Crippen LogP) is 2.56. The summed E-state index contributed by atoms with van der Waals surface area (Å²) in [5.74, 6) is 0.0203. The van der Waals surface area contributed by atoms with Gasteiger partial charge in [0.2, 0.25) is 0 Å². The number of aryl methyl sites for hydroxylation is 1. The highest BCUT2D eigenvalue weighted by atomic mass is 16.5. The molecule has 0 spiro atoms. The van der Waals surface area contributed by atoms with E-state index < -0.39 is 6.09 Å². The lowest BCUT2D eigenvalue weighted by molar-refractivity contribution is -0.719. The van der Waals surface area contributed by atoms with Crippen LogP contribution in [0.3, 0.4) is 0 Å². The zero-order valence-electron chi connectivity index (χ0n) is 15.5. The van der Waals surface area contributed by atoms with Crippen molar-refractivity contribution in [3.05, 3.63) is 35.4 Å². The molecule has 0 aromatic heterocycles. The summed E-state index contributed by atoms with van der Waals surface area (Å²) in [6.07, 6.45) is 2.77. The Bertz CT molecular complexity index is 526. The highest BCUT2D eigenvalue weighted by Crippen LogP contribution is 2.19. The van der Waals surface area contributed by atoms with E-state index in [0.29, 0.717) is 5.92 Å². The van der Waals surface area contributed by atoms with E-state index in [1.54, 1.807) is 6.92 Å². The van der Waals surface area contributed by atoms with Gasteiger partial charge in [-0.1, -0.05) is 51.5 Å². The summed E-state index contributed by atoms with van der Waals surface area (Å²) >= 11 is 0. The standard InChI is InChI=1S/C19H30N2O3/c1-6-7-8-15-9-11-16(12-10-15)17(13(2)3)20-14(4)18(22)21-19(23)24-5/h9-14,17,20H,6-8H2,1-5H3,(H,21,22,23)/p+1/t14-,17-/m1/s1. The number of carbonyl (C=O) groups excluding carboxylic acids is 2. The lowest BCUT2D eigenvalue weighted by Crippen LogP contribution is -2.93. The minimum atomic E-state index is -0.721. The summed E-state index contributed by atoms with van der Waals surface area (Å²) in [6.45, 7) is 8.26. The maximum absolute atomic E-state index is 12.0. The molecule has 134 valence electrons. The lowest BCUT2D eigenvalue weighted by Gasteiger charge is -2.23. The second kappa shape index (κ2) is 10.1. The fourth-order valence-electron chi connectivity index (χ4n) is 2.67. The van der Waals surface area contributed by atoms with Gasteiger partial charge in [0.05, 0.1) is 7.11 Å². The third-order valence-corrected chi connectivity index (χ3v) is 4.22. The number of ether oxygens (including phenoxy) is 1. The Balaban J connectivity index is 2.76. The number of nitrogens with two attached hydrogens (primary N) is 1. The summed E-state index contributed by atoms with van der Waals surface area (Å²) in [5, 5.41) is 4.23. The van der Waals surface area contributed by atoms with Crippen molar-refractivity contribution in [1.82, 2.24) is 5.32 Å². The molecule has 0 unspecified atom stereocenters. The number of amides is 2. The number of rotatable bonds is 8. The van der Waals surface area contributed by atoms with E-state index >= 15 is 0 Å². The van der Waals surface area contributed by atoms with Crippen LogP contribution in [0.15, 0.2) is 24.3 Å². The normalized spacial score (nSPS) is 13.4. The highest BCUT2D eigenvalue weighted by molar-refractivity contribution is 5.93. The van der Waals surface area contributed by atoms with Gasteiger partial charge in [-0.25, -0.2) is 4.79 Å². The Hall–Kier alpha value is -1.88. The fourth-order valence-corrected chi connectivity index (χ4v) is 2.67. The van der Waals surface area contributed by atoms with E-state index in [9.17, 15) is 9.59 Å². The lowest BCUT2D eigenvalue weighted by atomic mass is 9.94. The second-order valence-electron chi connectivity index (χ2n) is 6.58. The van der Waals surface area contributed by atoms with Crippen LogP contribution in [0.25, 0.3) is 0 Å². The van der Waals surface area contributed by atoms with Crippen molar-refractivity contribution in [2.24, 2.45) is 5.92 Å². The first kappa shape index (κ1) is 20.2. The van der Waals surface area contributed by atoms with Gasteiger partial charge in [-0.15, -0.1) is 0 Å². The number of alkyl carbamates (subject to hydrolysis) is 1. The van der Waals surface area contributed by atoms with Crippen molar-refractivity contribution in [2.75, 3.05) is 7.11 Å². The minimum Gasteiger partial charge on any atom is -0.453 e. The number of benzene rings is 1. The average Bonchev–Trinajstić information content (AvgIpc) is 2.57. The molecule has 2 amide bonds. The van der Waals surface area contributed by atoms with E-state index in [0.717, 1.165) is 6.42 Å². The van der Waals surface area contributed by atoms with Gasteiger partial charge in [0.15, 0.2) is 6.04 Å². The zero-order chi connectivity index (χ0) is 18.1. The molecule has 0 fully saturated rings. The maximum atomic E-state index is 12.0. The van der Waals surface area contributed by atoms with Crippen LogP contribution in [0, 0.1) is 5.92 Å². The molecule has 0 saturated heterocycles. The Kier molecular flexibility index (Phi) is 8.47. The smallest absolute Gasteiger partial charge is 0.413 e. The van der Waals surface area contributed by atoms with Gasteiger partial charge in [-0.3, -0.25) is 10.1 Å². The van der Waals surface area contributed by atoms with Gasteiger partial charge in [-0.2, -0.15) is 0 Å². The predicted molar refractivity (Wildman–Crippen MR) is 94.6 cm³/mol. The van der Waals surface area contributed by atoms with E-state index in [-0.39, 0.29) is 18.0 Å². The van der Waals surface area contributed by atoms with Crippen LogP contribution in [-0.2, 0) is 16.0 Å². The number of unbranched alkanes of at least 4 members (excludes halogenated alkanes) is 1. The fraction of sp³-hybridized carbons (Fsp3) is 0.579. The molecule has 24 heavy (non-hydrogen) atoms. The molecule has 1 aromatic rings. The van der Waals surface area contributed by atoms with Gasteiger partial charge in [0.1, 0.15) is 6.04 Å². The minimum absolute atomic E-state index is 0.156. The molecule has 0 aliphatic rings. The number of carbonyl (C=O) groups is 2. The van der Waals surface area contributed by atoms with Crippen LogP contribution in [0.1, 0.15) is 57.7 Å². The molecule has 1 rings (SSSR count). The van der Waals surface area contributed by atoms with Gasteiger partial charge >= 0.3 is 6.09 Å². The molecule has 0 aliphatic heterocycles. The largest absolute Gasteiger partial charge is 0.453 e. The molecule has 0 bridgehead atoms. The number of quaternary nitrogens is 1. The second-order valence-corrected chi connectivity index (χ2v) is 6.58. The average molecular weight is 335 g/mol. The highest BCUT2D eigenvalue weighted by Gasteiger charge is 2.26. The summed E-state index contributed by atoms with van der Waals surface area (Å²) in [7, 11) is 1.24. The summed E-state index contributed by atoms with van der Waals surface area (Å²) in [5.41, 5.74) is 2.54. The zero-order valence-corrected chi connectivity index (χ0v) is 15.5. The quantitative estimate of drug-likeness (QED) is 0.767. The van der Waals surface area contributed by atoms with Crippen molar-refractivity contribution in [1.29, 1.82) is 0 Å². The number of hydrogen-bond donors (Lipinski definition) is 2. The van der Waals surface area contributed by atoms with Crippen LogP contribution in [0.5, 0.6) is 0 Å². The van der Waals surface area contributed by atoms with Crippen molar-refractivity contribution in [3.63, 3.8) is 0 Å². The SMILES string of the molecule is CCCCc1ccc([C@H]([NH2+][C@H](C)C(=O)NC(=O)OC)C(C)C)cc1. The van der Waals surface area contributed by atoms with E-state index in [2.05, 4.69) is 55.1 Å². The Morgan fingerprint density at radius 3 is 2.29 bits per heavy atom. The molecule has 0 saturated carbocycles. The maximum Gasteiger partial charge on any atom is 0.413 e. The summed E-state index contributed by atoms with van der Waals surface area (Å²) in [4.78, 5) is 23.2. The van der Waals surface area contributed by atoms with Crippen LogP contribution in [0.2, 0.25) is 0 Å². The van der Waals surface area contributed by atoms with Crippen LogP contribution >= 0.6 is 0 Å². The molecule has 2 atom stereocenters. The summed E-state index contributed by atoms with van der Waals surface area (Å²) in [6, 6.07) is 8.43. The molecule has 0 radical (unpaired) electrons. The Labute approximate surface area is 145 Å². The first-order valence-electron chi connectivity index (χ1n) is 8.71. The number of nitrogens with one attached hydrogen (secondary N) is 1. The Morgan fingerprint density at radius 2 is 1.79 bits per heavy atom. The molecule has 3 N–H and O–H groups in total. The monoisotopic (exact) mass is 335 g/mol. The van der Waals surface area contributed by atoms with Gasteiger partial charge in [0.25, 0.3) is 5.91 Å². The topological polar surface area (TPSA) is 72.0 Å². The Morgan fingerprint density at radius 1 is 1.17 bits per heavy atom. The van der Waals surface area contributed by atoms with Crippen LogP contribution < -0.4 is 10.6 Å². The number of methoxy groups -OCH3 is 1. The summed E-state index contributed by atoms with van der Waals surface area (Å²) < 4.78 is 4.47. The molecule has 5 nitrogen and oxygen atoms in total. The van der Waals surface area contributed by atoms with E-state index in [4.69, 9.17) is 0 Å². The van der Waals surface area contributed by atoms with Crippen molar-refractivity contribution >= 4 is 12.0 Å². The number of imide groups is 1. The molecular formula is C19H31N2O3+. The van der Waals surface area contributed by atoms with Gasteiger partial charge in [-0.05, 0) is 25.3 Å². The number of hydrogen-bond acceptors (Lipinski definition) is 3. The molecule has 5 heteroatoms. The first-order valence-corrected chi connectivity index (χ1v) is 8.71. The van der Waals surface area contributed by atoms with Crippen molar-refractivity contribution in [3.8, 4) is 0 Å². The molecular weight excluding hydrogens is 304 g/mol. The van der Waals surface area contributed by atoms with Crippen molar-refractivity contribution in [2.45, 2.75) is 59.0 Å². The molecule has 1 aromatic carbocycles. The first-order chi connectivity index (χ1) is 11.4. The van der Waals surface area contributed by atoms with Crippen LogP contribution in [-0.4, -0.2) is 25.2 Å². The van der Waals surface area contributed by atoms with E-state index in [1.807, 2.05) is 5.32 Å². The molecule has 0 aliphatic carbocycles. The third kappa shape index (κ3) is 6.32. The third-order valence-electron chi connectivity index (χ3n) is 4.22. The van der Waals surface area contributed by atoms with Gasteiger partial charge < -0.3 is 10.1 Å².